The van der Waals surface area contributed by atoms with E-state index >= 15 is 0 Å². The Bertz CT molecular complexity index is 375. The van der Waals surface area contributed by atoms with E-state index in [9.17, 15) is 0 Å². The van der Waals surface area contributed by atoms with Crippen molar-refractivity contribution < 1.29 is 4.74 Å². The van der Waals surface area contributed by atoms with Crippen molar-refractivity contribution in [3.63, 3.8) is 0 Å². The maximum Gasteiger partial charge on any atom is 0.226 e. The van der Waals surface area contributed by atoms with Crippen LogP contribution in [0.4, 0.5) is 5.95 Å². The summed E-state index contributed by atoms with van der Waals surface area (Å²) < 4.78 is 5.43. The Morgan fingerprint density at radius 3 is 2.78 bits per heavy atom. The third-order valence-corrected chi connectivity index (χ3v) is 3.40. The zero-order valence-electron chi connectivity index (χ0n) is 11.4. The zero-order valence-corrected chi connectivity index (χ0v) is 11.4. The van der Waals surface area contributed by atoms with Crippen molar-refractivity contribution in [3.05, 3.63) is 11.8 Å². The Balaban J connectivity index is 1.91. The Morgan fingerprint density at radius 1 is 1.28 bits per heavy atom. The normalized spacial score (nSPS) is 16.6. The molecule has 0 unspecified atom stereocenters. The molecule has 1 aromatic heterocycles. The molecule has 0 saturated heterocycles. The van der Waals surface area contributed by atoms with Crippen LogP contribution in [-0.2, 0) is 0 Å². The summed E-state index contributed by atoms with van der Waals surface area (Å²) in [6, 6.07) is 1.87. The van der Waals surface area contributed by atoms with Crippen LogP contribution in [-0.4, -0.2) is 23.1 Å². The van der Waals surface area contributed by atoms with Crippen LogP contribution in [0.5, 0.6) is 5.88 Å². The fourth-order valence-corrected chi connectivity index (χ4v) is 2.47. The first-order valence-corrected chi connectivity index (χ1v) is 7.00. The Morgan fingerprint density at radius 2 is 2.06 bits per heavy atom. The monoisotopic (exact) mass is 249 g/mol. The Labute approximate surface area is 109 Å². The van der Waals surface area contributed by atoms with Gasteiger partial charge in [0, 0.05) is 18.3 Å². The molecule has 0 aromatic carbocycles. The minimum atomic E-state index is 0.637. The number of hydrogen-bond acceptors (Lipinski definition) is 4. The van der Waals surface area contributed by atoms with Crippen molar-refractivity contribution in [1.29, 1.82) is 0 Å². The van der Waals surface area contributed by atoms with Crippen LogP contribution < -0.4 is 10.1 Å². The van der Waals surface area contributed by atoms with Crippen molar-refractivity contribution >= 4 is 5.95 Å². The third-order valence-electron chi connectivity index (χ3n) is 3.40. The van der Waals surface area contributed by atoms with Gasteiger partial charge in [-0.3, -0.25) is 0 Å². The maximum absolute atomic E-state index is 5.43. The summed E-state index contributed by atoms with van der Waals surface area (Å²) in [5.74, 6) is 2.14. The average molecular weight is 249 g/mol. The largest absolute Gasteiger partial charge is 0.478 e. The molecule has 0 radical (unpaired) electrons. The minimum Gasteiger partial charge on any atom is -0.478 e. The highest BCUT2D eigenvalue weighted by Crippen LogP contribution is 2.23. The molecule has 1 aliphatic rings. The molecule has 0 aliphatic heterocycles. The highest BCUT2D eigenvalue weighted by molar-refractivity contribution is 5.30. The maximum atomic E-state index is 5.43. The lowest BCUT2D eigenvalue weighted by molar-refractivity contribution is 0.326. The average Bonchev–Trinajstić information content (AvgIpc) is 2.37. The van der Waals surface area contributed by atoms with Gasteiger partial charge < -0.3 is 10.1 Å². The van der Waals surface area contributed by atoms with E-state index in [-0.39, 0.29) is 0 Å². The van der Waals surface area contributed by atoms with E-state index in [1.165, 1.54) is 32.1 Å². The third kappa shape index (κ3) is 3.86. The predicted molar refractivity (Wildman–Crippen MR) is 73.0 cm³/mol. The van der Waals surface area contributed by atoms with Crippen LogP contribution in [0.2, 0.25) is 0 Å². The molecule has 0 bridgehead atoms. The molecule has 18 heavy (non-hydrogen) atoms. The van der Waals surface area contributed by atoms with E-state index in [1.807, 2.05) is 19.9 Å². The summed E-state index contributed by atoms with van der Waals surface area (Å²) in [4.78, 5) is 8.76. The summed E-state index contributed by atoms with van der Waals surface area (Å²) in [6.45, 7) is 5.55. The fourth-order valence-electron chi connectivity index (χ4n) is 2.47. The van der Waals surface area contributed by atoms with Gasteiger partial charge >= 0.3 is 0 Å². The smallest absolute Gasteiger partial charge is 0.226 e. The van der Waals surface area contributed by atoms with E-state index in [2.05, 4.69) is 15.3 Å². The van der Waals surface area contributed by atoms with Gasteiger partial charge in [-0.25, -0.2) is 4.98 Å². The number of ether oxygens (including phenoxy) is 1. The predicted octanol–water partition coefficient (Wildman–Crippen LogP) is 3.18. The van der Waals surface area contributed by atoms with E-state index in [0.29, 0.717) is 18.4 Å². The van der Waals surface area contributed by atoms with Crippen molar-refractivity contribution in [3.8, 4) is 5.88 Å². The summed E-state index contributed by atoms with van der Waals surface area (Å²) in [6.07, 6.45) is 6.79. The Hall–Kier alpha value is -1.32. The van der Waals surface area contributed by atoms with Crippen LogP contribution in [0.3, 0.4) is 0 Å². The highest BCUT2D eigenvalue weighted by Gasteiger charge is 2.13. The van der Waals surface area contributed by atoms with Crippen molar-refractivity contribution in [2.24, 2.45) is 5.92 Å². The summed E-state index contributed by atoms with van der Waals surface area (Å²) >= 11 is 0. The van der Waals surface area contributed by atoms with Crippen molar-refractivity contribution in [1.82, 2.24) is 9.97 Å². The van der Waals surface area contributed by atoms with Gasteiger partial charge in [-0.15, -0.1) is 0 Å². The zero-order chi connectivity index (χ0) is 12.8. The van der Waals surface area contributed by atoms with Crippen LogP contribution in [0, 0.1) is 12.8 Å². The van der Waals surface area contributed by atoms with Gasteiger partial charge in [0.25, 0.3) is 0 Å². The molecule has 100 valence electrons. The molecule has 0 amide bonds. The van der Waals surface area contributed by atoms with Crippen molar-refractivity contribution in [2.45, 2.75) is 46.0 Å². The standard InChI is InChI=1S/C14H23N3O/c1-3-18-13-9-11(2)16-14(17-13)15-10-12-7-5-4-6-8-12/h9,12H,3-8,10H2,1-2H3,(H,15,16,17). The van der Waals surface area contributed by atoms with Gasteiger partial charge in [-0.05, 0) is 32.6 Å². The van der Waals surface area contributed by atoms with E-state index in [1.54, 1.807) is 0 Å². The van der Waals surface area contributed by atoms with Crippen LogP contribution in [0.15, 0.2) is 6.07 Å². The SMILES string of the molecule is CCOc1cc(C)nc(NCC2CCCCC2)n1. The van der Waals surface area contributed by atoms with Gasteiger partial charge in [-0.2, -0.15) is 4.98 Å². The summed E-state index contributed by atoms with van der Waals surface area (Å²) in [5, 5.41) is 3.35. The number of nitrogens with one attached hydrogen (secondary N) is 1. The van der Waals surface area contributed by atoms with Crippen LogP contribution in [0.1, 0.15) is 44.7 Å². The molecule has 1 aliphatic carbocycles. The van der Waals surface area contributed by atoms with E-state index in [4.69, 9.17) is 4.74 Å². The number of aryl methyl sites for hydroxylation is 1. The second-order valence-electron chi connectivity index (χ2n) is 4.99. The van der Waals surface area contributed by atoms with E-state index in [0.717, 1.165) is 18.2 Å². The van der Waals surface area contributed by atoms with Crippen molar-refractivity contribution in [2.75, 3.05) is 18.5 Å². The van der Waals surface area contributed by atoms with Gasteiger partial charge in [0.15, 0.2) is 0 Å². The molecule has 1 aromatic rings. The van der Waals surface area contributed by atoms with Gasteiger partial charge in [-0.1, -0.05) is 19.3 Å². The molecule has 0 atom stereocenters. The molecule has 4 nitrogen and oxygen atoms in total. The summed E-state index contributed by atoms with van der Waals surface area (Å²) in [5.41, 5.74) is 0.944. The highest BCUT2D eigenvalue weighted by atomic mass is 16.5. The van der Waals surface area contributed by atoms with Gasteiger partial charge in [0.05, 0.1) is 6.61 Å². The number of hydrogen-bond donors (Lipinski definition) is 1. The molecular weight excluding hydrogens is 226 g/mol. The quantitative estimate of drug-likeness (QED) is 0.870. The van der Waals surface area contributed by atoms with Crippen LogP contribution in [0.25, 0.3) is 0 Å². The van der Waals surface area contributed by atoms with Gasteiger partial charge in [0.1, 0.15) is 0 Å². The molecule has 2 rings (SSSR count). The molecule has 1 fully saturated rings. The molecule has 1 saturated carbocycles. The molecule has 1 heterocycles. The lowest BCUT2D eigenvalue weighted by Gasteiger charge is -2.21. The number of anilines is 1. The number of nitrogens with zero attached hydrogens (tertiary/aromatic N) is 2. The minimum absolute atomic E-state index is 0.637. The van der Waals surface area contributed by atoms with Gasteiger partial charge in [0.2, 0.25) is 11.8 Å². The second-order valence-corrected chi connectivity index (χ2v) is 4.99. The number of rotatable bonds is 5. The Kier molecular flexibility index (Phi) is 4.79. The fraction of sp³-hybridized carbons (Fsp3) is 0.714. The number of aromatic nitrogens is 2. The second kappa shape index (κ2) is 6.57. The van der Waals surface area contributed by atoms with E-state index < -0.39 is 0 Å². The van der Waals surface area contributed by atoms with Crippen LogP contribution >= 0.6 is 0 Å². The lowest BCUT2D eigenvalue weighted by Crippen LogP contribution is -2.18. The molecule has 1 N–H and O–H groups in total. The lowest BCUT2D eigenvalue weighted by atomic mass is 9.89. The first kappa shape index (κ1) is 13.1. The first-order chi connectivity index (χ1) is 8.78. The topological polar surface area (TPSA) is 47.0 Å². The molecule has 0 spiro atoms. The molecule has 4 heteroatoms. The summed E-state index contributed by atoms with van der Waals surface area (Å²) in [7, 11) is 0. The first-order valence-electron chi connectivity index (χ1n) is 7.00. The molecular formula is C14H23N3O.